The molecule has 0 heterocycles. The van der Waals surface area contributed by atoms with Gasteiger partial charge in [-0.1, -0.05) is 30.7 Å². The fourth-order valence-corrected chi connectivity index (χ4v) is 2.41. The summed E-state index contributed by atoms with van der Waals surface area (Å²) in [6, 6.07) is 12.9. The van der Waals surface area contributed by atoms with Crippen LogP contribution < -0.4 is 14.8 Å². The number of nitrogens with one attached hydrogen (secondary N) is 1. The molecule has 0 unspecified atom stereocenters. The summed E-state index contributed by atoms with van der Waals surface area (Å²) in [5.41, 5.74) is 1.76. The minimum atomic E-state index is -0.190. The van der Waals surface area contributed by atoms with Crippen LogP contribution in [-0.4, -0.2) is 25.7 Å². The van der Waals surface area contributed by atoms with Crippen LogP contribution in [0.3, 0.4) is 0 Å². The lowest BCUT2D eigenvalue weighted by Gasteiger charge is -2.10. The first-order valence-corrected chi connectivity index (χ1v) is 8.44. The number of benzene rings is 2. The molecule has 2 aromatic carbocycles. The normalized spacial score (nSPS) is 10.3. The van der Waals surface area contributed by atoms with E-state index >= 15 is 0 Å². The van der Waals surface area contributed by atoms with Crippen LogP contribution in [0.2, 0.25) is 5.02 Å². The molecule has 2 aromatic rings. The third kappa shape index (κ3) is 5.17. The van der Waals surface area contributed by atoms with Crippen molar-refractivity contribution in [3.63, 3.8) is 0 Å². The van der Waals surface area contributed by atoms with Crippen molar-refractivity contribution in [1.82, 2.24) is 5.32 Å². The Morgan fingerprint density at radius 3 is 2.46 bits per heavy atom. The molecule has 0 spiro atoms. The average molecular weight is 348 g/mol. The summed E-state index contributed by atoms with van der Waals surface area (Å²) in [5.74, 6) is 1.19. The van der Waals surface area contributed by atoms with Gasteiger partial charge in [0.25, 0.3) is 5.91 Å². The van der Waals surface area contributed by atoms with Crippen LogP contribution in [0.1, 0.15) is 29.8 Å². The molecule has 0 atom stereocenters. The zero-order chi connectivity index (χ0) is 17.4. The van der Waals surface area contributed by atoms with Gasteiger partial charge in [-0.05, 0) is 49.2 Å². The number of amides is 1. The molecule has 0 bridgehead atoms. The monoisotopic (exact) mass is 347 g/mol. The minimum Gasteiger partial charge on any atom is -0.492 e. The summed E-state index contributed by atoms with van der Waals surface area (Å²) < 4.78 is 11.0. The Morgan fingerprint density at radius 1 is 1.08 bits per heavy atom. The van der Waals surface area contributed by atoms with E-state index in [2.05, 4.69) is 12.2 Å². The van der Waals surface area contributed by atoms with Crippen molar-refractivity contribution in [1.29, 1.82) is 0 Å². The molecule has 0 aliphatic heterocycles. The first-order valence-electron chi connectivity index (χ1n) is 8.06. The summed E-state index contributed by atoms with van der Waals surface area (Å²) in [6.07, 6.45) is 1.00. The lowest BCUT2D eigenvalue weighted by atomic mass is 10.2. The summed E-state index contributed by atoms with van der Waals surface area (Å²) in [5, 5.41) is 3.23. The molecule has 5 heteroatoms. The van der Waals surface area contributed by atoms with Crippen molar-refractivity contribution in [2.75, 3.05) is 19.8 Å². The SMILES string of the molecule is CCOc1ccc(C(=O)NCCOc2ccc(CC)cc2)cc1Cl. The number of halogens is 1. The Labute approximate surface area is 147 Å². The molecule has 1 N–H and O–H groups in total. The number of carbonyl (C=O) groups is 1. The maximum Gasteiger partial charge on any atom is 0.251 e. The number of rotatable bonds is 8. The van der Waals surface area contributed by atoms with E-state index in [-0.39, 0.29) is 5.91 Å². The molecule has 0 aromatic heterocycles. The highest BCUT2D eigenvalue weighted by Crippen LogP contribution is 2.25. The van der Waals surface area contributed by atoms with E-state index in [1.54, 1.807) is 18.2 Å². The minimum absolute atomic E-state index is 0.190. The van der Waals surface area contributed by atoms with Crippen LogP contribution in [-0.2, 0) is 6.42 Å². The van der Waals surface area contributed by atoms with Crippen LogP contribution in [0.15, 0.2) is 42.5 Å². The number of ether oxygens (including phenoxy) is 2. The Hall–Kier alpha value is -2.20. The fraction of sp³-hybridized carbons (Fsp3) is 0.316. The van der Waals surface area contributed by atoms with Gasteiger partial charge in [-0.2, -0.15) is 0 Å². The van der Waals surface area contributed by atoms with E-state index in [4.69, 9.17) is 21.1 Å². The standard InChI is InChI=1S/C19H22ClNO3/c1-3-14-5-8-16(9-6-14)24-12-11-21-19(22)15-7-10-18(23-4-2)17(20)13-15/h5-10,13H,3-4,11-12H2,1-2H3,(H,21,22). The molecule has 0 radical (unpaired) electrons. The predicted octanol–water partition coefficient (Wildman–Crippen LogP) is 4.11. The maximum atomic E-state index is 12.1. The summed E-state index contributed by atoms with van der Waals surface area (Å²) in [7, 11) is 0. The Balaban J connectivity index is 1.79. The van der Waals surface area contributed by atoms with Crippen molar-refractivity contribution < 1.29 is 14.3 Å². The van der Waals surface area contributed by atoms with Gasteiger partial charge in [0.2, 0.25) is 0 Å². The van der Waals surface area contributed by atoms with Gasteiger partial charge in [0.1, 0.15) is 18.1 Å². The van der Waals surface area contributed by atoms with Crippen molar-refractivity contribution in [3.05, 3.63) is 58.6 Å². The molecule has 1 amide bonds. The molecule has 0 saturated carbocycles. The highest BCUT2D eigenvalue weighted by molar-refractivity contribution is 6.32. The second-order valence-corrected chi connectivity index (χ2v) is 5.59. The Bertz CT molecular complexity index is 671. The number of aryl methyl sites for hydroxylation is 1. The summed E-state index contributed by atoms with van der Waals surface area (Å²) >= 11 is 6.09. The van der Waals surface area contributed by atoms with Gasteiger partial charge in [0.15, 0.2) is 0 Å². The number of hydrogen-bond acceptors (Lipinski definition) is 3. The van der Waals surface area contributed by atoms with Crippen LogP contribution in [0, 0.1) is 0 Å². The van der Waals surface area contributed by atoms with Gasteiger partial charge in [0.05, 0.1) is 18.2 Å². The second-order valence-electron chi connectivity index (χ2n) is 5.18. The Morgan fingerprint density at radius 2 is 1.83 bits per heavy atom. The lowest BCUT2D eigenvalue weighted by molar-refractivity contribution is 0.0947. The third-order valence-electron chi connectivity index (χ3n) is 3.48. The van der Waals surface area contributed by atoms with Crippen LogP contribution in [0.4, 0.5) is 0 Å². The molecule has 0 aliphatic carbocycles. The largest absolute Gasteiger partial charge is 0.492 e. The second kappa shape index (κ2) is 9.18. The molecule has 0 saturated heterocycles. The third-order valence-corrected chi connectivity index (χ3v) is 3.78. The topological polar surface area (TPSA) is 47.6 Å². The van der Waals surface area contributed by atoms with Gasteiger partial charge in [-0.15, -0.1) is 0 Å². The van der Waals surface area contributed by atoms with Gasteiger partial charge < -0.3 is 14.8 Å². The van der Waals surface area contributed by atoms with E-state index in [1.165, 1.54) is 5.56 Å². The smallest absolute Gasteiger partial charge is 0.251 e. The molecule has 4 nitrogen and oxygen atoms in total. The zero-order valence-corrected chi connectivity index (χ0v) is 14.7. The Kier molecular flexibility index (Phi) is 6.94. The van der Waals surface area contributed by atoms with Crippen molar-refractivity contribution in [2.24, 2.45) is 0 Å². The zero-order valence-electron chi connectivity index (χ0n) is 14.0. The fourth-order valence-electron chi connectivity index (χ4n) is 2.17. The predicted molar refractivity (Wildman–Crippen MR) is 96.3 cm³/mol. The molecule has 128 valence electrons. The molecular weight excluding hydrogens is 326 g/mol. The van der Waals surface area contributed by atoms with Gasteiger partial charge in [-0.3, -0.25) is 4.79 Å². The van der Waals surface area contributed by atoms with E-state index < -0.39 is 0 Å². The van der Waals surface area contributed by atoms with Crippen LogP contribution in [0.5, 0.6) is 11.5 Å². The van der Waals surface area contributed by atoms with Crippen molar-refractivity contribution >= 4 is 17.5 Å². The van der Waals surface area contributed by atoms with Gasteiger partial charge in [-0.25, -0.2) is 0 Å². The first kappa shape index (κ1) is 18.1. The van der Waals surface area contributed by atoms with E-state index in [0.717, 1.165) is 12.2 Å². The number of carbonyl (C=O) groups excluding carboxylic acids is 1. The highest BCUT2D eigenvalue weighted by atomic mass is 35.5. The quantitative estimate of drug-likeness (QED) is 0.731. The van der Waals surface area contributed by atoms with Crippen LogP contribution in [0.25, 0.3) is 0 Å². The van der Waals surface area contributed by atoms with Crippen LogP contribution >= 0.6 is 11.6 Å². The van der Waals surface area contributed by atoms with Gasteiger partial charge >= 0.3 is 0 Å². The van der Waals surface area contributed by atoms with E-state index in [9.17, 15) is 4.79 Å². The number of hydrogen-bond donors (Lipinski definition) is 1. The van der Waals surface area contributed by atoms with Crippen molar-refractivity contribution in [3.8, 4) is 11.5 Å². The average Bonchev–Trinajstić information content (AvgIpc) is 2.61. The molecule has 2 rings (SSSR count). The van der Waals surface area contributed by atoms with Gasteiger partial charge in [0, 0.05) is 5.56 Å². The van der Waals surface area contributed by atoms with E-state index in [0.29, 0.717) is 36.1 Å². The molecule has 0 aliphatic rings. The molecular formula is C19H22ClNO3. The van der Waals surface area contributed by atoms with E-state index in [1.807, 2.05) is 31.2 Å². The maximum absolute atomic E-state index is 12.1. The summed E-state index contributed by atoms with van der Waals surface area (Å²) in [6.45, 7) is 5.34. The van der Waals surface area contributed by atoms with Crippen molar-refractivity contribution in [2.45, 2.75) is 20.3 Å². The lowest BCUT2D eigenvalue weighted by Crippen LogP contribution is -2.28. The molecule has 24 heavy (non-hydrogen) atoms. The highest BCUT2D eigenvalue weighted by Gasteiger charge is 2.09. The first-order chi connectivity index (χ1) is 11.6. The summed E-state index contributed by atoms with van der Waals surface area (Å²) in [4.78, 5) is 12.1. The molecule has 0 fully saturated rings.